The molecule has 0 saturated carbocycles. The zero-order valence-corrected chi connectivity index (χ0v) is 17.0. The fourth-order valence-electron chi connectivity index (χ4n) is 2.63. The lowest BCUT2D eigenvalue weighted by Crippen LogP contribution is -2.21. The summed E-state index contributed by atoms with van der Waals surface area (Å²) in [5.74, 6) is -3.60. The molecular formula is C19H15ClF2N4O2S. The Morgan fingerprint density at radius 2 is 1.90 bits per heavy atom. The minimum absolute atomic E-state index is 0.122. The maximum Gasteiger partial charge on any atom is 0.321 e. The first-order valence-corrected chi connectivity index (χ1v) is 10.0. The number of hydrogen-bond donors (Lipinski definition) is 0. The van der Waals surface area contributed by atoms with Crippen LogP contribution in [0.2, 0.25) is 5.02 Å². The van der Waals surface area contributed by atoms with Crippen LogP contribution in [-0.2, 0) is 9.53 Å². The average molecular weight is 437 g/mol. The Bertz CT molecular complexity index is 1040. The SMILES string of the molecule is CCOC(=O)C(c1ncc(Cl)cn1)c1cnc(SC)nc1-c1ccc(F)c(F)c1. The molecule has 0 aliphatic heterocycles. The van der Waals surface area contributed by atoms with Gasteiger partial charge in [0.15, 0.2) is 16.8 Å². The van der Waals surface area contributed by atoms with E-state index < -0.39 is 23.5 Å². The zero-order valence-electron chi connectivity index (χ0n) is 15.4. The second kappa shape index (κ2) is 9.23. The number of rotatable bonds is 6. The molecule has 0 radical (unpaired) electrons. The number of hydrogen-bond acceptors (Lipinski definition) is 7. The van der Waals surface area contributed by atoms with Gasteiger partial charge in [0.25, 0.3) is 0 Å². The molecule has 1 unspecified atom stereocenters. The lowest BCUT2D eigenvalue weighted by Gasteiger charge is -2.18. The number of carbonyl (C=O) groups is 1. The van der Waals surface area contributed by atoms with Crippen LogP contribution in [0.15, 0.2) is 41.9 Å². The van der Waals surface area contributed by atoms with Crippen LogP contribution < -0.4 is 0 Å². The Kier molecular flexibility index (Phi) is 6.71. The highest BCUT2D eigenvalue weighted by Crippen LogP contribution is 2.33. The topological polar surface area (TPSA) is 77.9 Å². The minimum Gasteiger partial charge on any atom is -0.465 e. The van der Waals surface area contributed by atoms with Gasteiger partial charge < -0.3 is 4.74 Å². The molecule has 3 aromatic rings. The fourth-order valence-corrected chi connectivity index (χ4v) is 3.07. The minimum atomic E-state index is -1.08. The van der Waals surface area contributed by atoms with Crippen molar-refractivity contribution in [3.63, 3.8) is 0 Å². The molecule has 1 atom stereocenters. The van der Waals surface area contributed by atoms with Gasteiger partial charge in [-0.05, 0) is 31.4 Å². The van der Waals surface area contributed by atoms with E-state index in [1.807, 2.05) is 0 Å². The fraction of sp³-hybridized carbons (Fsp3) is 0.211. The summed E-state index contributed by atoms with van der Waals surface area (Å²) >= 11 is 7.12. The number of nitrogens with zero attached hydrogens (tertiary/aromatic N) is 4. The van der Waals surface area contributed by atoms with E-state index in [9.17, 15) is 13.6 Å². The van der Waals surface area contributed by atoms with Crippen LogP contribution in [0.4, 0.5) is 8.78 Å². The van der Waals surface area contributed by atoms with E-state index >= 15 is 0 Å². The standard InChI is InChI=1S/C19H15ClF2N4O2S/c1-3-28-18(27)15(17-23-7-11(20)8-24-17)12-9-25-19(29-2)26-16(12)10-4-5-13(21)14(22)6-10/h4-9,15H,3H2,1-2H3. The van der Waals surface area contributed by atoms with Gasteiger partial charge in [0.05, 0.1) is 17.3 Å². The van der Waals surface area contributed by atoms with Crippen molar-refractivity contribution in [1.29, 1.82) is 0 Å². The summed E-state index contributed by atoms with van der Waals surface area (Å²) in [5.41, 5.74) is 0.828. The van der Waals surface area contributed by atoms with Crippen molar-refractivity contribution < 1.29 is 18.3 Å². The number of ether oxygens (including phenoxy) is 1. The highest BCUT2D eigenvalue weighted by atomic mass is 35.5. The molecule has 10 heteroatoms. The molecule has 0 spiro atoms. The Balaban J connectivity index is 2.22. The monoisotopic (exact) mass is 436 g/mol. The summed E-state index contributed by atoms with van der Waals surface area (Å²) < 4.78 is 32.5. The van der Waals surface area contributed by atoms with Gasteiger partial charge in [-0.2, -0.15) is 0 Å². The second-order valence-corrected chi connectivity index (χ2v) is 6.94. The van der Waals surface area contributed by atoms with Gasteiger partial charge in [-0.3, -0.25) is 4.79 Å². The van der Waals surface area contributed by atoms with Crippen LogP contribution in [0, 0.1) is 11.6 Å². The van der Waals surface area contributed by atoms with Crippen LogP contribution >= 0.6 is 23.4 Å². The molecule has 150 valence electrons. The van der Waals surface area contributed by atoms with E-state index in [0.29, 0.717) is 15.7 Å². The third-order valence-electron chi connectivity index (χ3n) is 3.90. The van der Waals surface area contributed by atoms with Gasteiger partial charge >= 0.3 is 5.97 Å². The van der Waals surface area contributed by atoms with Gasteiger partial charge in [0.2, 0.25) is 0 Å². The predicted molar refractivity (Wildman–Crippen MR) is 105 cm³/mol. The molecule has 6 nitrogen and oxygen atoms in total. The van der Waals surface area contributed by atoms with E-state index in [2.05, 4.69) is 19.9 Å². The number of thioether (sulfide) groups is 1. The molecule has 29 heavy (non-hydrogen) atoms. The maximum absolute atomic E-state index is 13.9. The number of halogens is 3. The van der Waals surface area contributed by atoms with E-state index in [1.165, 1.54) is 36.4 Å². The third-order valence-corrected chi connectivity index (χ3v) is 4.66. The van der Waals surface area contributed by atoms with Crippen molar-refractivity contribution in [2.75, 3.05) is 12.9 Å². The van der Waals surface area contributed by atoms with Gasteiger partial charge in [-0.1, -0.05) is 23.4 Å². The van der Waals surface area contributed by atoms with E-state index in [1.54, 1.807) is 13.2 Å². The van der Waals surface area contributed by atoms with Crippen molar-refractivity contribution in [2.45, 2.75) is 18.0 Å². The number of carbonyl (C=O) groups excluding carboxylic acids is 1. The van der Waals surface area contributed by atoms with Gasteiger partial charge in [0, 0.05) is 29.7 Å². The third kappa shape index (κ3) is 4.68. The summed E-state index contributed by atoms with van der Waals surface area (Å²) in [4.78, 5) is 29.7. The van der Waals surface area contributed by atoms with Crippen molar-refractivity contribution in [2.24, 2.45) is 0 Å². The lowest BCUT2D eigenvalue weighted by atomic mass is 9.94. The lowest BCUT2D eigenvalue weighted by molar-refractivity contribution is -0.144. The summed E-state index contributed by atoms with van der Waals surface area (Å²) in [6, 6.07) is 3.38. The summed E-state index contributed by atoms with van der Waals surface area (Å²) in [6.07, 6.45) is 5.92. The van der Waals surface area contributed by atoms with Crippen LogP contribution in [0.5, 0.6) is 0 Å². The van der Waals surface area contributed by atoms with Crippen molar-refractivity contribution in [1.82, 2.24) is 19.9 Å². The van der Waals surface area contributed by atoms with Crippen LogP contribution in [0.25, 0.3) is 11.3 Å². The Morgan fingerprint density at radius 3 is 2.52 bits per heavy atom. The van der Waals surface area contributed by atoms with E-state index in [-0.39, 0.29) is 23.7 Å². The summed E-state index contributed by atoms with van der Waals surface area (Å²) in [6.45, 7) is 1.80. The van der Waals surface area contributed by atoms with Gasteiger partial charge in [-0.25, -0.2) is 28.7 Å². The normalized spacial score (nSPS) is 11.9. The molecule has 0 amide bonds. The maximum atomic E-state index is 13.9. The zero-order chi connectivity index (χ0) is 21.0. The first-order chi connectivity index (χ1) is 13.9. The first kappa shape index (κ1) is 21.1. The Labute approximate surface area is 174 Å². The molecule has 0 N–H and O–H groups in total. The molecule has 2 aromatic heterocycles. The summed E-state index contributed by atoms with van der Waals surface area (Å²) in [5, 5.41) is 0.694. The van der Waals surface area contributed by atoms with E-state index in [4.69, 9.17) is 16.3 Å². The number of aromatic nitrogens is 4. The average Bonchev–Trinajstić information content (AvgIpc) is 2.72. The molecule has 0 aliphatic rings. The van der Waals surface area contributed by atoms with Crippen LogP contribution in [0.1, 0.15) is 24.2 Å². The number of esters is 1. The molecule has 0 saturated heterocycles. The molecule has 1 aromatic carbocycles. The van der Waals surface area contributed by atoms with Crippen LogP contribution in [0.3, 0.4) is 0 Å². The molecule has 0 bridgehead atoms. The van der Waals surface area contributed by atoms with Crippen LogP contribution in [-0.4, -0.2) is 38.8 Å². The van der Waals surface area contributed by atoms with Crippen molar-refractivity contribution >= 4 is 29.3 Å². The van der Waals surface area contributed by atoms with Crippen molar-refractivity contribution in [3.05, 3.63) is 64.8 Å². The van der Waals surface area contributed by atoms with Crippen molar-refractivity contribution in [3.8, 4) is 11.3 Å². The molecule has 3 rings (SSSR count). The molecule has 2 heterocycles. The smallest absolute Gasteiger partial charge is 0.321 e. The van der Waals surface area contributed by atoms with E-state index in [0.717, 1.165) is 12.1 Å². The van der Waals surface area contributed by atoms with Gasteiger partial charge in [0.1, 0.15) is 11.7 Å². The molecule has 0 aliphatic carbocycles. The highest BCUT2D eigenvalue weighted by Gasteiger charge is 2.31. The largest absolute Gasteiger partial charge is 0.465 e. The quantitative estimate of drug-likeness (QED) is 0.324. The first-order valence-electron chi connectivity index (χ1n) is 8.45. The predicted octanol–water partition coefficient (Wildman–Crippen LogP) is 4.28. The highest BCUT2D eigenvalue weighted by molar-refractivity contribution is 7.98. The molecular weight excluding hydrogens is 422 g/mol. The van der Waals surface area contributed by atoms with Gasteiger partial charge in [-0.15, -0.1) is 0 Å². The summed E-state index contributed by atoms with van der Waals surface area (Å²) in [7, 11) is 0. The molecule has 0 fully saturated rings. The number of benzene rings is 1. The Morgan fingerprint density at radius 1 is 1.17 bits per heavy atom. The Hall–Kier alpha value is -2.65. The second-order valence-electron chi connectivity index (χ2n) is 5.73.